The van der Waals surface area contributed by atoms with Crippen molar-refractivity contribution in [3.8, 4) is 11.5 Å². The largest absolute Gasteiger partial charge is 0.507 e. The number of halogens is 2. The van der Waals surface area contributed by atoms with Gasteiger partial charge in [-0.15, -0.1) is 23.2 Å². The Labute approximate surface area is 243 Å². The normalized spacial score (nSPS) is 32.5. The molecule has 2 aliphatic carbocycles. The number of hydrogen-bond donors (Lipinski definition) is 3. The first-order valence-electron chi connectivity index (χ1n) is 12.9. The Kier molecular flexibility index (Phi) is 5.86. The summed E-state index contributed by atoms with van der Waals surface area (Å²) in [6.45, 7) is 1.68. The van der Waals surface area contributed by atoms with Crippen LogP contribution in [0.25, 0.3) is 0 Å². The van der Waals surface area contributed by atoms with E-state index in [1.807, 2.05) is 0 Å². The van der Waals surface area contributed by atoms with E-state index >= 15 is 0 Å². The molecular weight excluding hydrogens is 575 g/mol. The van der Waals surface area contributed by atoms with E-state index in [0.717, 1.165) is 21.9 Å². The Morgan fingerprint density at radius 3 is 2.37 bits per heavy atom. The number of fused-ring (bicyclic) bond motifs is 4. The number of carboxylic acid groups (broad SMARTS) is 1. The summed E-state index contributed by atoms with van der Waals surface area (Å²) in [5.41, 5.74) is 0.924. The van der Waals surface area contributed by atoms with Gasteiger partial charge in [-0.05, 0) is 43.4 Å². The van der Waals surface area contributed by atoms with Gasteiger partial charge in [0.2, 0.25) is 11.8 Å². The third-order valence-corrected chi connectivity index (χ3v) is 10.5. The molecule has 2 heterocycles. The molecule has 6 atom stereocenters. The SMILES string of the molecule is Cc1cccc(C2C3=CCC4C(=O)N(c5ccc(C(=O)O)c(O)c5)C(=O)C4C3CC3(Cl)C(=O)N(C)C(=O)C23Cl)c1O. The van der Waals surface area contributed by atoms with E-state index in [1.165, 1.54) is 13.1 Å². The van der Waals surface area contributed by atoms with Crippen LogP contribution in [0.2, 0.25) is 0 Å². The van der Waals surface area contributed by atoms with Crippen molar-refractivity contribution in [2.75, 3.05) is 11.9 Å². The van der Waals surface area contributed by atoms with E-state index in [4.69, 9.17) is 23.2 Å². The lowest BCUT2D eigenvalue weighted by Gasteiger charge is -2.50. The minimum atomic E-state index is -2.01. The lowest BCUT2D eigenvalue weighted by Crippen LogP contribution is -2.60. The van der Waals surface area contributed by atoms with Crippen LogP contribution in [0.4, 0.5) is 5.69 Å². The molecule has 2 aromatic carbocycles. The van der Waals surface area contributed by atoms with Crippen molar-refractivity contribution < 1.29 is 39.3 Å². The number of nitrogens with zero attached hydrogens (tertiary/aromatic N) is 2. The summed E-state index contributed by atoms with van der Waals surface area (Å²) in [7, 11) is 1.28. The molecule has 2 aliphatic heterocycles. The molecule has 0 aromatic heterocycles. The van der Waals surface area contributed by atoms with Crippen LogP contribution in [-0.2, 0) is 19.2 Å². The number of likely N-dealkylation sites (tertiary alicyclic amines) is 1. The van der Waals surface area contributed by atoms with Gasteiger partial charge < -0.3 is 15.3 Å². The predicted molar refractivity (Wildman–Crippen MR) is 146 cm³/mol. The maximum atomic E-state index is 14.0. The highest BCUT2D eigenvalue weighted by Crippen LogP contribution is 2.66. The van der Waals surface area contributed by atoms with Gasteiger partial charge in [0.05, 0.1) is 17.5 Å². The number of benzene rings is 2. The number of imide groups is 2. The highest BCUT2D eigenvalue weighted by molar-refractivity contribution is 6.53. The maximum absolute atomic E-state index is 14.0. The molecule has 1 saturated carbocycles. The topological polar surface area (TPSA) is 153 Å². The van der Waals surface area contributed by atoms with Crippen molar-refractivity contribution in [3.63, 3.8) is 0 Å². The first-order valence-corrected chi connectivity index (χ1v) is 13.6. The van der Waals surface area contributed by atoms with E-state index in [9.17, 15) is 39.3 Å². The fourth-order valence-corrected chi connectivity index (χ4v) is 8.11. The van der Waals surface area contributed by atoms with Crippen LogP contribution in [0.15, 0.2) is 48.0 Å². The molecule has 0 spiro atoms. The van der Waals surface area contributed by atoms with Crippen molar-refractivity contribution in [2.45, 2.75) is 35.4 Å². The van der Waals surface area contributed by atoms with Gasteiger partial charge in [-0.3, -0.25) is 24.1 Å². The van der Waals surface area contributed by atoms with Crippen LogP contribution in [0.3, 0.4) is 0 Å². The number of aromatic hydroxyl groups is 2. The van der Waals surface area contributed by atoms with Crippen molar-refractivity contribution in [1.82, 2.24) is 4.90 Å². The van der Waals surface area contributed by atoms with Gasteiger partial charge in [0.1, 0.15) is 17.1 Å². The number of amides is 4. The number of hydrogen-bond acceptors (Lipinski definition) is 7. The first-order chi connectivity index (χ1) is 19.3. The summed E-state index contributed by atoms with van der Waals surface area (Å²) in [5.74, 6) is -8.43. The fraction of sp³-hybridized carbons (Fsp3) is 0.345. The van der Waals surface area contributed by atoms with Crippen LogP contribution < -0.4 is 4.90 Å². The van der Waals surface area contributed by atoms with Crippen LogP contribution in [0, 0.1) is 24.7 Å². The average molecular weight is 599 g/mol. The third kappa shape index (κ3) is 3.34. The zero-order valence-electron chi connectivity index (χ0n) is 21.8. The highest BCUT2D eigenvalue weighted by atomic mass is 35.5. The minimum absolute atomic E-state index is 0.00117. The summed E-state index contributed by atoms with van der Waals surface area (Å²) < 4.78 is 0. The second kappa shape index (κ2) is 8.80. The Bertz CT molecular complexity index is 1640. The summed E-state index contributed by atoms with van der Waals surface area (Å²) in [4.78, 5) is 63.8. The van der Waals surface area contributed by atoms with Crippen LogP contribution >= 0.6 is 23.2 Å². The van der Waals surface area contributed by atoms with Gasteiger partial charge in [0.15, 0.2) is 9.75 Å². The fourth-order valence-electron chi connectivity index (χ4n) is 7.10. The maximum Gasteiger partial charge on any atom is 0.339 e. The number of carboxylic acids is 1. The zero-order chi connectivity index (χ0) is 29.8. The molecular formula is C29H24Cl2N2O8. The predicted octanol–water partition coefficient (Wildman–Crippen LogP) is 3.30. The van der Waals surface area contributed by atoms with Crippen molar-refractivity contribution >= 4 is 58.5 Å². The van der Waals surface area contributed by atoms with E-state index < -0.39 is 74.3 Å². The average Bonchev–Trinajstić information content (AvgIpc) is 3.25. The number of alkyl halides is 2. The van der Waals surface area contributed by atoms with Crippen LogP contribution in [0.1, 0.15) is 40.2 Å². The molecule has 2 saturated heterocycles. The number of carbonyl (C=O) groups is 5. The van der Waals surface area contributed by atoms with Gasteiger partial charge in [0.25, 0.3) is 11.8 Å². The lowest BCUT2D eigenvalue weighted by molar-refractivity contribution is -0.138. The number of allylic oxidation sites excluding steroid dienone is 2. The van der Waals surface area contributed by atoms with Crippen molar-refractivity contribution in [2.24, 2.45) is 17.8 Å². The highest BCUT2D eigenvalue weighted by Gasteiger charge is 2.76. The standard InChI is InChI=1S/C29H24Cl2N2O8/c1-12-4-3-5-17(22(12)35)21-14-8-9-16-20(18(14)11-28(30)26(40)32(2)27(41)29(21,28)31)24(37)33(23(16)36)13-6-7-15(25(38)39)19(34)10-13/h3-8,10,16,18,20-21,34-35H,9,11H2,1-2H3,(H,38,39). The number of phenolic OH excluding ortho intramolecular Hbond substituents is 1. The van der Waals surface area contributed by atoms with Gasteiger partial charge in [-0.25, -0.2) is 9.69 Å². The van der Waals surface area contributed by atoms with Gasteiger partial charge in [-0.1, -0.05) is 29.8 Å². The first kappa shape index (κ1) is 27.3. The van der Waals surface area contributed by atoms with Gasteiger partial charge in [0, 0.05) is 24.6 Å². The summed E-state index contributed by atoms with van der Waals surface area (Å²) >= 11 is 14.2. The number of phenols is 2. The quantitative estimate of drug-likeness (QED) is 0.276. The Balaban J connectivity index is 1.50. The molecule has 212 valence electrons. The number of rotatable bonds is 3. The van der Waals surface area contributed by atoms with E-state index in [0.29, 0.717) is 11.1 Å². The number of carbonyl (C=O) groups excluding carboxylic acids is 4. The Morgan fingerprint density at radius 2 is 1.71 bits per heavy atom. The summed E-state index contributed by atoms with van der Waals surface area (Å²) in [5, 5.41) is 30.6. The second-order valence-corrected chi connectivity index (χ2v) is 12.3. The van der Waals surface area contributed by atoms with Crippen molar-refractivity contribution in [1.29, 1.82) is 0 Å². The van der Waals surface area contributed by atoms with E-state index in [1.54, 1.807) is 31.2 Å². The van der Waals surface area contributed by atoms with E-state index in [2.05, 4.69) is 0 Å². The molecule has 10 nitrogen and oxygen atoms in total. The molecule has 41 heavy (non-hydrogen) atoms. The van der Waals surface area contributed by atoms with E-state index in [-0.39, 0.29) is 29.8 Å². The van der Waals surface area contributed by atoms with Gasteiger partial charge in [-0.2, -0.15) is 0 Å². The van der Waals surface area contributed by atoms with Crippen LogP contribution in [-0.4, -0.2) is 66.6 Å². The van der Waals surface area contributed by atoms with Gasteiger partial charge >= 0.3 is 5.97 Å². The smallest absolute Gasteiger partial charge is 0.339 e. The van der Waals surface area contributed by atoms with Crippen molar-refractivity contribution in [3.05, 3.63) is 64.7 Å². The molecule has 2 aromatic rings. The monoisotopic (exact) mass is 598 g/mol. The molecule has 3 fully saturated rings. The molecule has 4 amide bonds. The molecule has 12 heteroatoms. The summed E-state index contributed by atoms with van der Waals surface area (Å²) in [6.07, 6.45) is 1.65. The second-order valence-electron chi connectivity index (χ2n) is 11.0. The molecule has 0 bridgehead atoms. The Hall–Kier alpha value is -3.89. The zero-order valence-corrected chi connectivity index (χ0v) is 23.3. The lowest BCUT2D eigenvalue weighted by atomic mass is 9.56. The van der Waals surface area contributed by atoms with Crippen LogP contribution in [0.5, 0.6) is 11.5 Å². The molecule has 6 unspecified atom stereocenters. The number of aryl methyl sites for hydroxylation is 1. The molecule has 0 radical (unpaired) electrons. The number of aromatic carboxylic acids is 1. The molecule has 3 N–H and O–H groups in total. The molecule has 6 rings (SSSR count). The number of para-hydroxylation sites is 1. The summed E-state index contributed by atoms with van der Waals surface area (Å²) in [6, 6.07) is 8.36. The third-order valence-electron chi connectivity index (χ3n) is 9.06. The minimum Gasteiger partial charge on any atom is -0.507 e. The number of anilines is 1. The Morgan fingerprint density at radius 1 is 1.00 bits per heavy atom. The molecule has 4 aliphatic rings.